The molecule has 0 N–H and O–H groups in total. The predicted octanol–water partition coefficient (Wildman–Crippen LogP) is 5.25. The van der Waals surface area contributed by atoms with Crippen LogP contribution in [0.3, 0.4) is 0 Å². The first kappa shape index (κ1) is 15.7. The number of hydrogen-bond acceptors (Lipinski definition) is 1. The molecule has 2 rings (SSSR count). The van der Waals surface area contributed by atoms with Gasteiger partial charge >= 0.3 is 0 Å². The van der Waals surface area contributed by atoms with Gasteiger partial charge in [-0.25, -0.2) is 0 Å². The Hall–Kier alpha value is -0.650. The fourth-order valence-electron chi connectivity index (χ4n) is 1.80. The number of carbonyl (C=O) groups is 1. The summed E-state index contributed by atoms with van der Waals surface area (Å²) in [7, 11) is 1.80. The van der Waals surface area contributed by atoms with Crippen LogP contribution in [-0.4, -0.2) is 17.9 Å². The van der Waals surface area contributed by atoms with E-state index in [1.165, 1.54) is 0 Å². The van der Waals surface area contributed by atoms with Crippen LogP contribution in [0.2, 0.25) is 0 Å². The summed E-state index contributed by atoms with van der Waals surface area (Å²) in [5, 5.41) is 0. The third-order valence-electron chi connectivity index (χ3n) is 2.84. The highest BCUT2D eigenvalue weighted by atomic mass is 79.9. The number of hydrogen-bond donors (Lipinski definition) is 0. The molecule has 0 saturated heterocycles. The second-order valence-corrected chi connectivity index (χ2v) is 7.10. The summed E-state index contributed by atoms with van der Waals surface area (Å²) in [6, 6.07) is 13.5. The molecule has 20 heavy (non-hydrogen) atoms. The molecule has 0 aromatic heterocycles. The first-order valence-corrected chi connectivity index (χ1v) is 8.30. The van der Waals surface area contributed by atoms with Crippen LogP contribution in [0.1, 0.15) is 15.9 Å². The molecule has 5 heteroatoms. The third-order valence-corrected chi connectivity index (χ3v) is 4.55. The van der Waals surface area contributed by atoms with Crippen molar-refractivity contribution in [3.05, 3.63) is 67.0 Å². The van der Waals surface area contributed by atoms with E-state index in [2.05, 4.69) is 47.8 Å². The van der Waals surface area contributed by atoms with Gasteiger partial charge in [0.25, 0.3) is 5.91 Å². The van der Waals surface area contributed by atoms with E-state index in [9.17, 15) is 4.79 Å². The molecule has 104 valence electrons. The lowest BCUT2D eigenvalue weighted by Crippen LogP contribution is -2.26. The van der Waals surface area contributed by atoms with Gasteiger partial charge in [0, 0.05) is 27.0 Å². The maximum Gasteiger partial charge on any atom is 0.255 e. The van der Waals surface area contributed by atoms with Gasteiger partial charge in [-0.1, -0.05) is 44.0 Å². The highest BCUT2D eigenvalue weighted by molar-refractivity contribution is 9.11. The summed E-state index contributed by atoms with van der Waals surface area (Å²) in [4.78, 5) is 14.2. The van der Waals surface area contributed by atoms with Crippen molar-refractivity contribution in [3.63, 3.8) is 0 Å². The van der Waals surface area contributed by atoms with Crippen LogP contribution in [0.4, 0.5) is 0 Å². The van der Waals surface area contributed by atoms with E-state index in [1.807, 2.05) is 42.5 Å². The molecule has 0 saturated carbocycles. The standard InChI is InChI=1S/C15H12Br3NO/c1-19(9-10-2-4-11(16)5-3-10)15(20)13-8-12(17)6-7-14(13)18/h2-8H,9H2,1H3. The van der Waals surface area contributed by atoms with Gasteiger partial charge in [0.15, 0.2) is 0 Å². The molecule has 0 aliphatic rings. The summed E-state index contributed by atoms with van der Waals surface area (Å²) in [6.45, 7) is 0.574. The number of amides is 1. The minimum Gasteiger partial charge on any atom is -0.337 e. The summed E-state index contributed by atoms with van der Waals surface area (Å²) in [5.74, 6) is -0.0129. The number of halogens is 3. The molecular weight excluding hydrogens is 450 g/mol. The number of carbonyl (C=O) groups excluding carboxylic acids is 1. The van der Waals surface area contributed by atoms with Gasteiger partial charge in [-0.3, -0.25) is 4.79 Å². The van der Waals surface area contributed by atoms with Crippen molar-refractivity contribution >= 4 is 53.7 Å². The maximum absolute atomic E-state index is 12.5. The smallest absolute Gasteiger partial charge is 0.255 e. The molecule has 0 heterocycles. The topological polar surface area (TPSA) is 20.3 Å². The summed E-state index contributed by atoms with van der Waals surface area (Å²) in [6.07, 6.45) is 0. The molecule has 0 radical (unpaired) electrons. The van der Waals surface area contributed by atoms with Crippen molar-refractivity contribution in [2.75, 3.05) is 7.05 Å². The van der Waals surface area contributed by atoms with Gasteiger partial charge in [-0.2, -0.15) is 0 Å². The first-order valence-electron chi connectivity index (χ1n) is 5.92. The van der Waals surface area contributed by atoms with Crippen LogP contribution in [0.5, 0.6) is 0 Å². The second kappa shape index (κ2) is 6.87. The SMILES string of the molecule is CN(Cc1ccc(Br)cc1)C(=O)c1cc(Br)ccc1Br. The summed E-state index contributed by atoms with van der Waals surface area (Å²) in [5.41, 5.74) is 1.74. The number of rotatable bonds is 3. The van der Waals surface area contributed by atoms with Crippen molar-refractivity contribution in [2.24, 2.45) is 0 Å². The van der Waals surface area contributed by atoms with Crippen molar-refractivity contribution in [1.29, 1.82) is 0 Å². The lowest BCUT2D eigenvalue weighted by atomic mass is 10.1. The Labute approximate surface area is 143 Å². The monoisotopic (exact) mass is 459 g/mol. The fourth-order valence-corrected chi connectivity index (χ4v) is 2.84. The highest BCUT2D eigenvalue weighted by Gasteiger charge is 2.15. The molecule has 0 unspecified atom stereocenters. The van der Waals surface area contributed by atoms with Crippen LogP contribution in [0, 0.1) is 0 Å². The average molecular weight is 462 g/mol. The molecule has 2 aromatic rings. The van der Waals surface area contributed by atoms with Gasteiger partial charge in [0.05, 0.1) is 5.56 Å². The van der Waals surface area contributed by atoms with Crippen LogP contribution in [0.25, 0.3) is 0 Å². The lowest BCUT2D eigenvalue weighted by molar-refractivity contribution is 0.0784. The molecule has 2 aromatic carbocycles. The number of nitrogens with zero attached hydrogens (tertiary/aromatic N) is 1. The van der Waals surface area contributed by atoms with E-state index in [-0.39, 0.29) is 5.91 Å². The molecule has 0 spiro atoms. The van der Waals surface area contributed by atoms with E-state index < -0.39 is 0 Å². The van der Waals surface area contributed by atoms with Gasteiger partial charge < -0.3 is 4.90 Å². The van der Waals surface area contributed by atoms with E-state index in [0.717, 1.165) is 19.0 Å². The zero-order valence-electron chi connectivity index (χ0n) is 10.7. The normalized spacial score (nSPS) is 10.4. The zero-order chi connectivity index (χ0) is 14.7. The Kier molecular flexibility index (Phi) is 5.41. The largest absolute Gasteiger partial charge is 0.337 e. The maximum atomic E-state index is 12.5. The summed E-state index contributed by atoms with van der Waals surface area (Å²) < 4.78 is 2.72. The average Bonchev–Trinajstić information content (AvgIpc) is 2.43. The Morgan fingerprint density at radius 2 is 1.60 bits per heavy atom. The van der Waals surface area contributed by atoms with Gasteiger partial charge in [-0.05, 0) is 51.8 Å². The Morgan fingerprint density at radius 3 is 2.25 bits per heavy atom. The Bertz CT molecular complexity index is 626. The minimum absolute atomic E-state index is 0.0129. The Balaban J connectivity index is 2.16. The van der Waals surface area contributed by atoms with Crippen molar-refractivity contribution in [1.82, 2.24) is 4.90 Å². The molecule has 1 amide bonds. The molecule has 0 atom stereocenters. The Morgan fingerprint density at radius 1 is 1.00 bits per heavy atom. The second-order valence-electron chi connectivity index (χ2n) is 4.41. The van der Waals surface area contributed by atoms with E-state index >= 15 is 0 Å². The van der Waals surface area contributed by atoms with Crippen molar-refractivity contribution in [3.8, 4) is 0 Å². The van der Waals surface area contributed by atoms with Gasteiger partial charge in [0.1, 0.15) is 0 Å². The molecule has 2 nitrogen and oxygen atoms in total. The fraction of sp³-hybridized carbons (Fsp3) is 0.133. The van der Waals surface area contributed by atoms with Gasteiger partial charge in [0.2, 0.25) is 0 Å². The predicted molar refractivity (Wildman–Crippen MR) is 91.8 cm³/mol. The third kappa shape index (κ3) is 3.93. The number of benzene rings is 2. The molecular formula is C15H12Br3NO. The highest BCUT2D eigenvalue weighted by Crippen LogP contribution is 2.23. The quantitative estimate of drug-likeness (QED) is 0.611. The summed E-state index contributed by atoms with van der Waals surface area (Å²) >= 11 is 10.2. The van der Waals surface area contributed by atoms with Crippen LogP contribution < -0.4 is 0 Å². The lowest BCUT2D eigenvalue weighted by Gasteiger charge is -2.18. The molecule has 0 fully saturated rings. The molecule has 0 aliphatic heterocycles. The van der Waals surface area contributed by atoms with Crippen LogP contribution in [0.15, 0.2) is 55.9 Å². The first-order chi connectivity index (χ1) is 9.47. The van der Waals surface area contributed by atoms with E-state index in [4.69, 9.17) is 0 Å². The van der Waals surface area contributed by atoms with E-state index in [1.54, 1.807) is 11.9 Å². The molecule has 0 bridgehead atoms. The zero-order valence-corrected chi connectivity index (χ0v) is 15.5. The van der Waals surface area contributed by atoms with Crippen LogP contribution >= 0.6 is 47.8 Å². The van der Waals surface area contributed by atoms with Crippen molar-refractivity contribution < 1.29 is 4.79 Å². The van der Waals surface area contributed by atoms with Crippen molar-refractivity contribution in [2.45, 2.75) is 6.54 Å². The minimum atomic E-state index is -0.0129. The molecule has 0 aliphatic carbocycles. The van der Waals surface area contributed by atoms with Gasteiger partial charge in [-0.15, -0.1) is 0 Å². The van der Waals surface area contributed by atoms with Crippen LogP contribution in [-0.2, 0) is 6.54 Å². The van der Waals surface area contributed by atoms with E-state index in [0.29, 0.717) is 12.1 Å².